The predicted octanol–water partition coefficient (Wildman–Crippen LogP) is 3.92. The summed E-state index contributed by atoms with van der Waals surface area (Å²) < 4.78 is 1.99. The van der Waals surface area contributed by atoms with Crippen molar-refractivity contribution in [3.8, 4) is 0 Å². The molecule has 0 radical (unpaired) electrons. The first kappa shape index (κ1) is 13.1. The van der Waals surface area contributed by atoms with Crippen molar-refractivity contribution in [2.45, 2.75) is 19.3 Å². The number of hydrogen-bond donors (Lipinski definition) is 1. The normalized spacial score (nSPS) is 13.3. The van der Waals surface area contributed by atoms with Crippen molar-refractivity contribution in [3.63, 3.8) is 0 Å². The number of nitrogens with one attached hydrogen (secondary N) is 1. The van der Waals surface area contributed by atoms with Crippen LogP contribution in [0.25, 0.3) is 10.9 Å². The second-order valence-electron chi connectivity index (χ2n) is 5.96. The molecular formula is C19H18N2O. The molecule has 0 atom stereocenters. The van der Waals surface area contributed by atoms with Gasteiger partial charge in [0.15, 0.2) is 0 Å². The number of para-hydroxylation sites is 1. The van der Waals surface area contributed by atoms with Crippen LogP contribution in [0.2, 0.25) is 0 Å². The van der Waals surface area contributed by atoms with E-state index in [4.69, 9.17) is 0 Å². The van der Waals surface area contributed by atoms with E-state index in [-0.39, 0.29) is 5.91 Å². The molecule has 22 heavy (non-hydrogen) atoms. The molecule has 4 rings (SSSR count). The summed E-state index contributed by atoms with van der Waals surface area (Å²) in [5, 5.41) is 4.03. The van der Waals surface area contributed by atoms with Gasteiger partial charge in [-0.1, -0.05) is 24.3 Å². The molecule has 0 fully saturated rings. The number of aromatic nitrogens is 1. The van der Waals surface area contributed by atoms with Gasteiger partial charge in [0.1, 0.15) is 0 Å². The number of aryl methyl sites for hydroxylation is 3. The molecule has 3 nitrogen and oxygen atoms in total. The van der Waals surface area contributed by atoms with Crippen LogP contribution in [-0.2, 0) is 19.9 Å². The van der Waals surface area contributed by atoms with Gasteiger partial charge < -0.3 is 9.88 Å². The van der Waals surface area contributed by atoms with Gasteiger partial charge in [-0.15, -0.1) is 0 Å². The Kier molecular flexibility index (Phi) is 3.00. The number of amides is 1. The van der Waals surface area contributed by atoms with E-state index >= 15 is 0 Å². The Morgan fingerprint density at radius 1 is 1.09 bits per heavy atom. The van der Waals surface area contributed by atoms with Gasteiger partial charge in [-0.2, -0.15) is 0 Å². The fourth-order valence-electron chi connectivity index (χ4n) is 3.37. The predicted molar refractivity (Wildman–Crippen MR) is 89.3 cm³/mol. The molecule has 2 aromatic carbocycles. The average Bonchev–Trinajstić information content (AvgIpc) is 3.12. The summed E-state index contributed by atoms with van der Waals surface area (Å²) in [5.41, 5.74) is 5.47. The van der Waals surface area contributed by atoms with Crippen LogP contribution >= 0.6 is 0 Å². The van der Waals surface area contributed by atoms with Crippen molar-refractivity contribution in [1.29, 1.82) is 0 Å². The van der Waals surface area contributed by atoms with Crippen LogP contribution in [0, 0.1) is 0 Å². The van der Waals surface area contributed by atoms with Gasteiger partial charge in [-0.3, -0.25) is 4.79 Å². The highest BCUT2D eigenvalue weighted by Gasteiger charge is 2.15. The van der Waals surface area contributed by atoms with Crippen molar-refractivity contribution in [2.24, 2.45) is 7.05 Å². The van der Waals surface area contributed by atoms with Gasteiger partial charge in [0.2, 0.25) is 0 Å². The smallest absolute Gasteiger partial charge is 0.257 e. The van der Waals surface area contributed by atoms with Crippen molar-refractivity contribution >= 4 is 22.5 Å². The number of carbonyl (C=O) groups is 1. The Labute approximate surface area is 129 Å². The highest BCUT2D eigenvalue weighted by Crippen LogP contribution is 2.26. The van der Waals surface area contributed by atoms with E-state index in [1.165, 1.54) is 17.5 Å². The quantitative estimate of drug-likeness (QED) is 0.762. The molecular weight excluding hydrogens is 272 g/mol. The second-order valence-corrected chi connectivity index (χ2v) is 5.96. The maximum atomic E-state index is 12.6. The lowest BCUT2D eigenvalue weighted by Crippen LogP contribution is -2.11. The van der Waals surface area contributed by atoms with E-state index in [0.29, 0.717) is 0 Å². The molecule has 110 valence electrons. The van der Waals surface area contributed by atoms with Crippen molar-refractivity contribution in [3.05, 3.63) is 65.4 Å². The zero-order valence-electron chi connectivity index (χ0n) is 12.6. The molecule has 0 spiro atoms. The Balaban J connectivity index is 1.66. The van der Waals surface area contributed by atoms with Gasteiger partial charge in [-0.05, 0) is 48.6 Å². The molecule has 0 unspecified atom stereocenters. The summed E-state index contributed by atoms with van der Waals surface area (Å²) in [6.07, 6.45) is 5.39. The molecule has 1 amide bonds. The lowest BCUT2D eigenvalue weighted by molar-refractivity contribution is 0.102. The van der Waals surface area contributed by atoms with Crippen LogP contribution in [0.15, 0.2) is 48.7 Å². The third-order valence-electron chi connectivity index (χ3n) is 4.50. The van der Waals surface area contributed by atoms with Gasteiger partial charge in [0.05, 0.1) is 5.56 Å². The summed E-state index contributed by atoms with van der Waals surface area (Å²) in [5.74, 6) is -0.0465. The molecule has 0 saturated carbocycles. The SMILES string of the molecule is Cn1cc(C(=O)Nc2ccc3c(c2)CCC3)c2ccccc21. The second kappa shape index (κ2) is 5.02. The summed E-state index contributed by atoms with van der Waals surface area (Å²) >= 11 is 0. The molecule has 1 aromatic heterocycles. The molecule has 0 bridgehead atoms. The van der Waals surface area contributed by atoms with Crippen LogP contribution in [0.3, 0.4) is 0 Å². The Morgan fingerprint density at radius 2 is 1.91 bits per heavy atom. The van der Waals surface area contributed by atoms with Gasteiger partial charge in [0, 0.05) is 29.8 Å². The average molecular weight is 290 g/mol. The zero-order chi connectivity index (χ0) is 15.1. The van der Waals surface area contributed by atoms with Crippen LogP contribution in [0.1, 0.15) is 27.9 Å². The number of hydrogen-bond acceptors (Lipinski definition) is 1. The lowest BCUT2D eigenvalue weighted by Gasteiger charge is -2.07. The van der Waals surface area contributed by atoms with Gasteiger partial charge >= 0.3 is 0 Å². The van der Waals surface area contributed by atoms with Crippen LogP contribution in [-0.4, -0.2) is 10.5 Å². The Bertz CT molecular complexity index is 876. The van der Waals surface area contributed by atoms with Gasteiger partial charge in [0.25, 0.3) is 5.91 Å². The van der Waals surface area contributed by atoms with E-state index in [1.807, 2.05) is 48.1 Å². The highest BCUT2D eigenvalue weighted by atomic mass is 16.1. The molecule has 0 aliphatic heterocycles. The molecule has 1 heterocycles. The topological polar surface area (TPSA) is 34.0 Å². The first-order valence-electron chi connectivity index (χ1n) is 7.69. The van der Waals surface area contributed by atoms with Crippen molar-refractivity contribution in [1.82, 2.24) is 4.57 Å². The number of anilines is 1. The first-order chi connectivity index (χ1) is 10.7. The summed E-state index contributed by atoms with van der Waals surface area (Å²) in [6.45, 7) is 0. The zero-order valence-corrected chi connectivity index (χ0v) is 12.6. The van der Waals surface area contributed by atoms with E-state index in [9.17, 15) is 4.79 Å². The van der Waals surface area contributed by atoms with Crippen LogP contribution in [0.4, 0.5) is 5.69 Å². The Morgan fingerprint density at radius 3 is 2.82 bits per heavy atom. The largest absolute Gasteiger partial charge is 0.350 e. The minimum absolute atomic E-state index is 0.0465. The summed E-state index contributed by atoms with van der Waals surface area (Å²) in [4.78, 5) is 12.6. The number of benzene rings is 2. The third kappa shape index (κ3) is 2.10. The van der Waals surface area contributed by atoms with E-state index in [0.717, 1.165) is 35.0 Å². The molecule has 1 N–H and O–H groups in total. The summed E-state index contributed by atoms with van der Waals surface area (Å²) in [7, 11) is 1.97. The molecule has 0 saturated heterocycles. The minimum Gasteiger partial charge on any atom is -0.350 e. The van der Waals surface area contributed by atoms with E-state index in [1.54, 1.807) is 0 Å². The molecule has 1 aliphatic rings. The number of rotatable bonds is 2. The standard InChI is InChI=1S/C19H18N2O/c1-21-12-17(16-7-2-3-8-18(16)21)19(22)20-15-10-9-13-5-4-6-14(13)11-15/h2-3,7-12H,4-6H2,1H3,(H,20,22). The maximum absolute atomic E-state index is 12.6. The molecule has 1 aliphatic carbocycles. The number of carbonyl (C=O) groups excluding carboxylic acids is 1. The molecule has 3 heteroatoms. The fraction of sp³-hybridized carbons (Fsp3) is 0.211. The van der Waals surface area contributed by atoms with E-state index in [2.05, 4.69) is 17.4 Å². The lowest BCUT2D eigenvalue weighted by atomic mass is 10.1. The van der Waals surface area contributed by atoms with Crippen LogP contribution in [0.5, 0.6) is 0 Å². The Hall–Kier alpha value is -2.55. The minimum atomic E-state index is -0.0465. The van der Waals surface area contributed by atoms with Crippen LogP contribution < -0.4 is 5.32 Å². The fourth-order valence-corrected chi connectivity index (χ4v) is 3.37. The monoisotopic (exact) mass is 290 g/mol. The number of nitrogens with zero attached hydrogens (tertiary/aromatic N) is 1. The van der Waals surface area contributed by atoms with Crippen molar-refractivity contribution < 1.29 is 4.79 Å². The maximum Gasteiger partial charge on any atom is 0.257 e. The summed E-state index contributed by atoms with van der Waals surface area (Å²) in [6, 6.07) is 14.2. The molecule has 3 aromatic rings. The highest BCUT2D eigenvalue weighted by molar-refractivity contribution is 6.13. The number of fused-ring (bicyclic) bond motifs is 2. The van der Waals surface area contributed by atoms with Gasteiger partial charge in [-0.25, -0.2) is 0 Å². The van der Waals surface area contributed by atoms with E-state index < -0.39 is 0 Å². The third-order valence-corrected chi connectivity index (χ3v) is 4.50. The first-order valence-corrected chi connectivity index (χ1v) is 7.69. The van der Waals surface area contributed by atoms with Crippen molar-refractivity contribution in [2.75, 3.05) is 5.32 Å².